The van der Waals surface area contributed by atoms with Gasteiger partial charge in [-0.2, -0.15) is 4.33 Å². The van der Waals surface area contributed by atoms with E-state index < -0.39 is 0 Å². The molecule has 0 saturated heterocycles. The second-order valence-electron chi connectivity index (χ2n) is 4.88. The number of benzene rings is 2. The van der Waals surface area contributed by atoms with Crippen LogP contribution in [0, 0.1) is 0 Å². The van der Waals surface area contributed by atoms with Crippen molar-refractivity contribution in [2.45, 2.75) is 13.5 Å². The zero-order chi connectivity index (χ0) is 16.8. The van der Waals surface area contributed by atoms with Crippen molar-refractivity contribution in [3.05, 3.63) is 59.3 Å². The van der Waals surface area contributed by atoms with Crippen LogP contribution in [0.2, 0.25) is 0 Å². The molecule has 0 spiro atoms. The third-order valence-corrected chi connectivity index (χ3v) is 3.95. The van der Waals surface area contributed by atoms with Crippen molar-refractivity contribution >= 4 is 17.9 Å². The van der Waals surface area contributed by atoms with Gasteiger partial charge >= 0.3 is 0 Å². The van der Waals surface area contributed by atoms with E-state index in [2.05, 4.69) is 31.3 Å². The van der Waals surface area contributed by atoms with Crippen LogP contribution in [0.4, 0.5) is 5.69 Å². The van der Waals surface area contributed by atoms with Gasteiger partial charge in [-0.15, -0.1) is 15.9 Å². The average Bonchev–Trinajstić information content (AvgIpc) is 3.07. The Morgan fingerprint density at radius 3 is 2.40 bits per heavy atom. The Hall–Kier alpha value is -1.73. The Morgan fingerprint density at radius 1 is 1.00 bits per heavy atom. The molecule has 6 nitrogen and oxygen atoms in total. The van der Waals surface area contributed by atoms with E-state index in [1.807, 2.05) is 54.6 Å². The molecule has 0 aliphatic carbocycles. The molecule has 1 heterocycles. The molecule has 3 aromatic rings. The van der Waals surface area contributed by atoms with E-state index in [-0.39, 0.29) is 19.5 Å². The summed E-state index contributed by atoms with van der Waals surface area (Å²) in [5.74, 6) is 1.61. The van der Waals surface area contributed by atoms with Gasteiger partial charge < -0.3 is 9.29 Å². The van der Waals surface area contributed by atoms with Gasteiger partial charge in [0, 0.05) is 37.1 Å². The predicted octanol–water partition coefficient (Wildman–Crippen LogP) is 4.78. The minimum absolute atomic E-state index is 0. The molecule has 0 amide bonds. The standard InChI is InChI=1S/C17H17N4O2S.Zn/c1-3-21-16(13-9-5-4-6-10-13)18-19-17(21)14-11-7-8-12-15(14)20-24-23-22-2;/h4-12H,3H2,1-2H3;/q-1;. The van der Waals surface area contributed by atoms with Gasteiger partial charge in [0.2, 0.25) is 0 Å². The van der Waals surface area contributed by atoms with Crippen LogP contribution in [0.25, 0.3) is 27.5 Å². The van der Waals surface area contributed by atoms with E-state index in [1.165, 1.54) is 7.11 Å². The molecular formula is C17H17N4O2SZn-. The molecule has 0 unspecified atom stereocenters. The number of hydrogen-bond donors (Lipinski definition) is 0. The molecule has 0 N–H and O–H groups in total. The summed E-state index contributed by atoms with van der Waals surface area (Å²) in [6, 6.07) is 17.8. The maximum Gasteiger partial charge on any atom is 0.164 e. The summed E-state index contributed by atoms with van der Waals surface area (Å²) < 4.78 is 11.2. The molecule has 126 valence electrons. The van der Waals surface area contributed by atoms with Gasteiger partial charge in [0.05, 0.1) is 7.11 Å². The first kappa shape index (κ1) is 19.6. The molecule has 0 bridgehead atoms. The first-order valence-corrected chi connectivity index (χ1v) is 8.20. The first-order chi connectivity index (χ1) is 11.8. The topological polar surface area (TPSA) is 63.3 Å². The Morgan fingerprint density at radius 2 is 1.68 bits per heavy atom. The SMILES string of the molecule is CCn1c(-c2ccccc2)nnc1-c1ccccc1[N-]SOOC.[Zn]. The quantitative estimate of drug-likeness (QED) is 0.141. The summed E-state index contributed by atoms with van der Waals surface area (Å²) in [4.78, 5) is 4.55. The van der Waals surface area contributed by atoms with Gasteiger partial charge in [0.15, 0.2) is 11.6 Å². The largest absolute Gasteiger partial charge is 0.604 e. The van der Waals surface area contributed by atoms with Crippen LogP contribution in [0.3, 0.4) is 0 Å². The van der Waals surface area contributed by atoms with Crippen LogP contribution < -0.4 is 0 Å². The van der Waals surface area contributed by atoms with E-state index in [1.54, 1.807) is 0 Å². The molecule has 0 aliphatic rings. The van der Waals surface area contributed by atoms with Crippen molar-refractivity contribution in [2.75, 3.05) is 7.11 Å². The second-order valence-corrected chi connectivity index (χ2v) is 5.34. The van der Waals surface area contributed by atoms with E-state index in [9.17, 15) is 0 Å². The summed E-state index contributed by atoms with van der Waals surface area (Å²) in [6.45, 7) is 2.82. The van der Waals surface area contributed by atoms with Gasteiger partial charge in [-0.3, -0.25) is 0 Å². The van der Waals surface area contributed by atoms with Crippen LogP contribution in [0.5, 0.6) is 0 Å². The summed E-state index contributed by atoms with van der Waals surface area (Å²) >= 11 is 0.877. The van der Waals surface area contributed by atoms with Crippen LogP contribution in [-0.4, -0.2) is 21.9 Å². The average molecular weight is 407 g/mol. The number of aromatic nitrogens is 3. The van der Waals surface area contributed by atoms with Crippen molar-refractivity contribution in [2.24, 2.45) is 0 Å². The zero-order valence-electron chi connectivity index (χ0n) is 14.1. The molecule has 25 heavy (non-hydrogen) atoms. The van der Waals surface area contributed by atoms with E-state index >= 15 is 0 Å². The van der Waals surface area contributed by atoms with Gasteiger partial charge in [-0.1, -0.05) is 66.8 Å². The fourth-order valence-electron chi connectivity index (χ4n) is 2.43. The van der Waals surface area contributed by atoms with Crippen molar-refractivity contribution in [1.29, 1.82) is 0 Å². The molecule has 0 aliphatic heterocycles. The van der Waals surface area contributed by atoms with Crippen molar-refractivity contribution < 1.29 is 28.7 Å². The molecule has 8 heteroatoms. The van der Waals surface area contributed by atoms with Gasteiger partial charge in [0.1, 0.15) is 0 Å². The Balaban J connectivity index is 0.00000225. The minimum atomic E-state index is 0. The van der Waals surface area contributed by atoms with Crippen LogP contribution in [0.15, 0.2) is 54.6 Å². The maximum absolute atomic E-state index is 4.77. The monoisotopic (exact) mass is 405 g/mol. The zero-order valence-corrected chi connectivity index (χ0v) is 17.9. The van der Waals surface area contributed by atoms with Gasteiger partial charge in [-0.25, -0.2) is 4.89 Å². The normalized spacial score (nSPS) is 10.3. The van der Waals surface area contributed by atoms with Gasteiger partial charge in [0.25, 0.3) is 0 Å². The van der Waals surface area contributed by atoms with E-state index in [0.717, 1.165) is 47.2 Å². The molecule has 0 atom stereocenters. The van der Waals surface area contributed by atoms with Crippen molar-refractivity contribution in [3.63, 3.8) is 0 Å². The molecule has 2 aromatic carbocycles. The summed E-state index contributed by atoms with van der Waals surface area (Å²) in [6.07, 6.45) is 0. The minimum Gasteiger partial charge on any atom is -0.604 e. The van der Waals surface area contributed by atoms with E-state index in [4.69, 9.17) is 4.33 Å². The Bertz CT molecular complexity index is 798. The van der Waals surface area contributed by atoms with Crippen LogP contribution >= 0.6 is 12.2 Å². The predicted molar refractivity (Wildman–Crippen MR) is 95.3 cm³/mol. The summed E-state index contributed by atoms with van der Waals surface area (Å²) in [5.41, 5.74) is 2.67. The number of hydrogen-bond acceptors (Lipinski definition) is 5. The summed E-state index contributed by atoms with van der Waals surface area (Å²) in [5, 5.41) is 8.77. The Labute approximate surface area is 164 Å². The molecule has 0 fully saturated rings. The van der Waals surface area contributed by atoms with Crippen molar-refractivity contribution in [3.8, 4) is 22.8 Å². The molecule has 0 radical (unpaired) electrons. The molecule has 0 saturated carbocycles. The van der Waals surface area contributed by atoms with Gasteiger partial charge in [-0.05, 0) is 6.92 Å². The number of rotatable bonds is 7. The van der Waals surface area contributed by atoms with E-state index in [0.29, 0.717) is 0 Å². The first-order valence-electron chi connectivity index (χ1n) is 7.50. The fourth-order valence-corrected chi connectivity index (χ4v) is 2.76. The third-order valence-electron chi connectivity index (χ3n) is 3.48. The summed E-state index contributed by atoms with van der Waals surface area (Å²) in [7, 11) is 1.44. The van der Waals surface area contributed by atoms with Crippen LogP contribution in [-0.2, 0) is 35.2 Å². The third kappa shape index (κ3) is 4.47. The smallest absolute Gasteiger partial charge is 0.164 e. The van der Waals surface area contributed by atoms with Crippen molar-refractivity contribution in [1.82, 2.24) is 14.8 Å². The maximum atomic E-state index is 4.77. The fraction of sp³-hybridized carbons (Fsp3) is 0.176. The molecule has 3 rings (SSSR count). The molecule has 1 aromatic heterocycles. The molecular weight excluding hydrogens is 390 g/mol. The second kappa shape index (κ2) is 9.68. The van der Waals surface area contributed by atoms with Crippen LogP contribution in [0.1, 0.15) is 6.92 Å². The Kier molecular flexibility index (Phi) is 7.59. The number of nitrogens with zero attached hydrogens (tertiary/aromatic N) is 4.